The smallest absolute Gasteiger partial charge is 0.0834 e. The zero-order valence-corrected chi connectivity index (χ0v) is 9.03. The molecule has 0 aliphatic carbocycles. The van der Waals surface area contributed by atoms with Crippen molar-refractivity contribution in [1.82, 2.24) is 0 Å². The van der Waals surface area contributed by atoms with E-state index in [0.29, 0.717) is 12.8 Å². The van der Waals surface area contributed by atoms with Crippen molar-refractivity contribution in [1.29, 1.82) is 0 Å². The van der Waals surface area contributed by atoms with Crippen molar-refractivity contribution in [2.24, 2.45) is 0 Å². The van der Waals surface area contributed by atoms with Crippen molar-refractivity contribution in [2.45, 2.75) is 37.9 Å². The van der Waals surface area contributed by atoms with Crippen LogP contribution in [-0.4, -0.2) is 21.4 Å². The average Bonchev–Trinajstić information content (AvgIpc) is 2.01. The molecule has 0 aromatic heterocycles. The molecular formula is C12H20O2. The number of hydrogen-bond donors (Lipinski definition) is 2. The molecule has 0 saturated heterocycles. The van der Waals surface area contributed by atoms with Gasteiger partial charge in [-0.3, -0.25) is 0 Å². The van der Waals surface area contributed by atoms with Crippen LogP contribution >= 0.6 is 0 Å². The van der Waals surface area contributed by atoms with Gasteiger partial charge in [-0.1, -0.05) is 24.3 Å². The van der Waals surface area contributed by atoms with E-state index in [-0.39, 0.29) is 0 Å². The summed E-state index contributed by atoms with van der Waals surface area (Å²) in [7, 11) is 0. The normalized spacial score (nSPS) is 20.0. The molecule has 0 rings (SSSR count). The zero-order valence-electron chi connectivity index (χ0n) is 9.03. The highest BCUT2D eigenvalue weighted by molar-refractivity contribution is 5.09. The van der Waals surface area contributed by atoms with Crippen LogP contribution < -0.4 is 0 Å². The summed E-state index contributed by atoms with van der Waals surface area (Å²) in [6.07, 6.45) is 7.41. The molecule has 0 bridgehead atoms. The van der Waals surface area contributed by atoms with Gasteiger partial charge in [0.15, 0.2) is 0 Å². The second kappa shape index (κ2) is 5.13. The van der Waals surface area contributed by atoms with Crippen LogP contribution in [0.4, 0.5) is 0 Å². The van der Waals surface area contributed by atoms with Gasteiger partial charge in [-0.15, -0.1) is 13.2 Å². The first-order valence-corrected chi connectivity index (χ1v) is 4.70. The highest BCUT2D eigenvalue weighted by atomic mass is 16.3. The maximum atomic E-state index is 9.75. The first kappa shape index (κ1) is 13.1. The van der Waals surface area contributed by atoms with Gasteiger partial charge in [0.25, 0.3) is 0 Å². The van der Waals surface area contributed by atoms with E-state index in [1.54, 1.807) is 38.2 Å². The molecule has 0 fully saturated rings. The number of rotatable bonds is 6. The van der Waals surface area contributed by atoms with Crippen molar-refractivity contribution in [2.75, 3.05) is 0 Å². The zero-order chi connectivity index (χ0) is 11.2. The summed E-state index contributed by atoms with van der Waals surface area (Å²) in [5.74, 6) is 0. The monoisotopic (exact) mass is 196 g/mol. The van der Waals surface area contributed by atoms with E-state index in [1.165, 1.54) is 0 Å². The summed E-state index contributed by atoms with van der Waals surface area (Å²) in [6.45, 7) is 10.5. The molecule has 0 saturated carbocycles. The van der Waals surface area contributed by atoms with Gasteiger partial charge in [-0.05, 0) is 26.7 Å². The first-order chi connectivity index (χ1) is 6.33. The van der Waals surface area contributed by atoms with Crippen molar-refractivity contribution in [3.63, 3.8) is 0 Å². The topological polar surface area (TPSA) is 40.5 Å². The fourth-order valence-corrected chi connectivity index (χ4v) is 1.08. The highest BCUT2D eigenvalue weighted by Crippen LogP contribution is 2.17. The van der Waals surface area contributed by atoms with E-state index in [0.717, 1.165) is 0 Å². The van der Waals surface area contributed by atoms with Gasteiger partial charge < -0.3 is 10.2 Å². The Bertz CT molecular complexity index is 200. The molecule has 0 aliphatic heterocycles. The van der Waals surface area contributed by atoms with Crippen LogP contribution in [0.25, 0.3) is 0 Å². The summed E-state index contributed by atoms with van der Waals surface area (Å²) in [5.41, 5.74) is -1.88. The van der Waals surface area contributed by atoms with Gasteiger partial charge in [0, 0.05) is 0 Å². The van der Waals surface area contributed by atoms with Gasteiger partial charge >= 0.3 is 0 Å². The van der Waals surface area contributed by atoms with Crippen LogP contribution in [0, 0.1) is 0 Å². The Morgan fingerprint density at radius 3 is 1.43 bits per heavy atom. The van der Waals surface area contributed by atoms with Gasteiger partial charge in [0.05, 0.1) is 11.2 Å². The third kappa shape index (κ3) is 5.73. The first-order valence-electron chi connectivity index (χ1n) is 4.70. The van der Waals surface area contributed by atoms with Crippen LogP contribution in [0.3, 0.4) is 0 Å². The molecule has 14 heavy (non-hydrogen) atoms. The van der Waals surface area contributed by atoms with Crippen LogP contribution in [0.5, 0.6) is 0 Å². The lowest BCUT2D eigenvalue weighted by Gasteiger charge is -2.21. The Morgan fingerprint density at radius 2 is 1.21 bits per heavy atom. The van der Waals surface area contributed by atoms with E-state index in [2.05, 4.69) is 13.2 Å². The molecule has 2 N–H and O–H groups in total. The van der Waals surface area contributed by atoms with Gasteiger partial charge in [0.1, 0.15) is 0 Å². The molecule has 0 amide bonds. The summed E-state index contributed by atoms with van der Waals surface area (Å²) in [5, 5.41) is 19.5. The second-order valence-electron chi connectivity index (χ2n) is 4.03. The third-order valence-corrected chi connectivity index (χ3v) is 1.92. The molecule has 0 spiro atoms. The lowest BCUT2D eigenvalue weighted by molar-refractivity contribution is 0.0968. The summed E-state index contributed by atoms with van der Waals surface area (Å²) in [6, 6.07) is 0. The quantitative estimate of drug-likeness (QED) is 0.639. The number of hydrogen-bond acceptors (Lipinski definition) is 2. The third-order valence-electron chi connectivity index (χ3n) is 1.92. The fraction of sp³-hybridized carbons (Fsp3) is 0.500. The van der Waals surface area contributed by atoms with Gasteiger partial charge in [0.2, 0.25) is 0 Å². The van der Waals surface area contributed by atoms with E-state index in [9.17, 15) is 10.2 Å². The Balaban J connectivity index is 4.40. The maximum absolute atomic E-state index is 9.75. The predicted octanol–water partition coefficient (Wildman–Crippen LogP) is 2.20. The summed E-state index contributed by atoms with van der Waals surface area (Å²) in [4.78, 5) is 0. The SMILES string of the molecule is C=CCC(C)(O)C=CC(C)(O)CC=C. The largest absolute Gasteiger partial charge is 0.386 e. The van der Waals surface area contributed by atoms with E-state index >= 15 is 0 Å². The Kier molecular flexibility index (Phi) is 4.81. The maximum Gasteiger partial charge on any atom is 0.0834 e. The Hall–Kier alpha value is -0.860. The van der Waals surface area contributed by atoms with Crippen LogP contribution in [0.15, 0.2) is 37.5 Å². The van der Waals surface area contributed by atoms with E-state index in [1.807, 2.05) is 0 Å². The second-order valence-corrected chi connectivity index (χ2v) is 4.03. The average molecular weight is 196 g/mol. The molecule has 2 atom stereocenters. The Labute approximate surface area is 86.3 Å². The summed E-state index contributed by atoms with van der Waals surface area (Å²) < 4.78 is 0. The van der Waals surface area contributed by atoms with Crippen molar-refractivity contribution in [3.05, 3.63) is 37.5 Å². The molecule has 0 heterocycles. The van der Waals surface area contributed by atoms with Gasteiger partial charge in [-0.25, -0.2) is 0 Å². The van der Waals surface area contributed by atoms with E-state index < -0.39 is 11.2 Å². The van der Waals surface area contributed by atoms with Gasteiger partial charge in [-0.2, -0.15) is 0 Å². The molecule has 2 nitrogen and oxygen atoms in total. The fourth-order valence-electron chi connectivity index (χ4n) is 1.08. The summed E-state index contributed by atoms with van der Waals surface area (Å²) >= 11 is 0. The molecule has 2 unspecified atom stereocenters. The van der Waals surface area contributed by atoms with Crippen molar-refractivity contribution in [3.8, 4) is 0 Å². The minimum Gasteiger partial charge on any atom is -0.386 e. The molecule has 0 aliphatic rings. The molecule has 0 aromatic rings. The predicted molar refractivity (Wildman–Crippen MR) is 60.0 cm³/mol. The molecular weight excluding hydrogens is 176 g/mol. The molecule has 0 radical (unpaired) electrons. The minimum atomic E-state index is -0.938. The molecule has 2 heteroatoms. The van der Waals surface area contributed by atoms with Crippen molar-refractivity contribution < 1.29 is 10.2 Å². The van der Waals surface area contributed by atoms with E-state index in [4.69, 9.17) is 0 Å². The van der Waals surface area contributed by atoms with Crippen LogP contribution in [0.1, 0.15) is 26.7 Å². The number of aliphatic hydroxyl groups is 2. The highest BCUT2D eigenvalue weighted by Gasteiger charge is 2.18. The lowest BCUT2D eigenvalue weighted by atomic mass is 9.96. The Morgan fingerprint density at radius 1 is 0.929 bits per heavy atom. The van der Waals surface area contributed by atoms with Crippen LogP contribution in [-0.2, 0) is 0 Å². The molecule has 0 aromatic carbocycles. The van der Waals surface area contributed by atoms with Crippen LogP contribution in [0.2, 0.25) is 0 Å². The molecule has 80 valence electrons. The minimum absolute atomic E-state index is 0.466. The lowest BCUT2D eigenvalue weighted by Crippen LogP contribution is -2.24. The van der Waals surface area contributed by atoms with Crippen molar-refractivity contribution >= 4 is 0 Å². The standard InChI is InChI=1S/C12H20O2/c1-5-7-11(3,13)9-10-12(4,14)8-6-2/h5-6,9-10,13-14H,1-2,7-8H2,3-4H3.